The van der Waals surface area contributed by atoms with Gasteiger partial charge in [-0.1, -0.05) is 0 Å². The molecule has 0 aromatic heterocycles. The predicted octanol–water partition coefficient (Wildman–Crippen LogP) is 1.67. The van der Waals surface area contributed by atoms with Crippen LogP contribution in [0.15, 0.2) is 23.9 Å². The van der Waals surface area contributed by atoms with E-state index in [1.807, 2.05) is 18.0 Å². The third-order valence-electron chi connectivity index (χ3n) is 1.92. The second-order valence-corrected chi connectivity index (χ2v) is 3.78. The van der Waals surface area contributed by atoms with Gasteiger partial charge in [0.2, 0.25) is 0 Å². The predicted molar refractivity (Wildman–Crippen MR) is 46.9 cm³/mol. The summed E-state index contributed by atoms with van der Waals surface area (Å²) in [5.74, 6) is 0.625. The maximum atomic E-state index is 5.23. The normalized spacial score (nSPS) is 34.9. The Bertz CT molecular complexity index is 183. The van der Waals surface area contributed by atoms with Gasteiger partial charge in [-0.15, -0.1) is 11.8 Å². The Morgan fingerprint density at radius 2 is 2.55 bits per heavy atom. The molecule has 0 saturated heterocycles. The summed E-state index contributed by atoms with van der Waals surface area (Å²) in [4.78, 5) is 0. The monoisotopic (exact) mass is 169 g/mol. The summed E-state index contributed by atoms with van der Waals surface area (Å²) in [6.07, 6.45) is 7.03. The van der Waals surface area contributed by atoms with E-state index in [1.54, 1.807) is 6.26 Å². The molecule has 0 aliphatic carbocycles. The van der Waals surface area contributed by atoms with Crippen LogP contribution in [0.3, 0.4) is 0 Å². The van der Waals surface area contributed by atoms with Crippen molar-refractivity contribution in [3.63, 3.8) is 0 Å². The van der Waals surface area contributed by atoms with Crippen LogP contribution in [0.2, 0.25) is 0 Å². The molecule has 2 atom stereocenters. The first-order valence-electron chi connectivity index (χ1n) is 3.80. The van der Waals surface area contributed by atoms with E-state index in [-0.39, 0.29) is 0 Å². The van der Waals surface area contributed by atoms with Crippen LogP contribution in [-0.2, 0) is 4.74 Å². The van der Waals surface area contributed by atoms with Gasteiger partial charge in [0.15, 0.2) is 0 Å². The smallest absolute Gasteiger partial charge is 0.0932 e. The van der Waals surface area contributed by atoms with Gasteiger partial charge >= 0.3 is 0 Å². The first-order chi connectivity index (χ1) is 5.47. The Morgan fingerprint density at radius 1 is 1.55 bits per heavy atom. The highest BCUT2D eigenvalue weighted by Crippen LogP contribution is 2.27. The molecule has 0 aromatic carbocycles. The summed E-state index contributed by atoms with van der Waals surface area (Å²) >= 11 is 1.84. The summed E-state index contributed by atoms with van der Waals surface area (Å²) in [7, 11) is 0. The van der Waals surface area contributed by atoms with Gasteiger partial charge in [-0.3, -0.25) is 0 Å². The van der Waals surface area contributed by atoms with Crippen molar-refractivity contribution in [1.82, 2.24) is 5.32 Å². The molecule has 3 heteroatoms. The SMILES string of the molecule is C1=COCC(C2NC=CS2)C1. The number of allylic oxidation sites excluding steroid dienone is 1. The largest absolute Gasteiger partial charge is 0.501 e. The number of hydrogen-bond donors (Lipinski definition) is 1. The van der Waals surface area contributed by atoms with Gasteiger partial charge in [-0.25, -0.2) is 0 Å². The first-order valence-corrected chi connectivity index (χ1v) is 4.74. The minimum Gasteiger partial charge on any atom is -0.501 e. The van der Waals surface area contributed by atoms with Crippen LogP contribution in [0.1, 0.15) is 6.42 Å². The number of hydrogen-bond acceptors (Lipinski definition) is 3. The molecule has 2 aliphatic heterocycles. The fourth-order valence-corrected chi connectivity index (χ4v) is 2.20. The van der Waals surface area contributed by atoms with Crippen molar-refractivity contribution in [2.24, 2.45) is 5.92 Å². The summed E-state index contributed by atoms with van der Waals surface area (Å²) < 4.78 is 5.23. The maximum absolute atomic E-state index is 5.23. The highest BCUT2D eigenvalue weighted by atomic mass is 32.2. The minimum atomic E-state index is 0.528. The lowest BCUT2D eigenvalue weighted by Crippen LogP contribution is -2.30. The van der Waals surface area contributed by atoms with Crippen LogP contribution in [0, 0.1) is 5.92 Å². The van der Waals surface area contributed by atoms with Crippen molar-refractivity contribution < 1.29 is 4.74 Å². The molecular weight excluding hydrogens is 158 g/mol. The van der Waals surface area contributed by atoms with E-state index in [9.17, 15) is 0 Å². The van der Waals surface area contributed by atoms with Crippen LogP contribution in [0.25, 0.3) is 0 Å². The zero-order valence-corrected chi connectivity index (χ0v) is 7.01. The highest BCUT2D eigenvalue weighted by molar-refractivity contribution is 8.02. The summed E-state index contributed by atoms with van der Waals surface area (Å²) in [6, 6.07) is 0. The topological polar surface area (TPSA) is 21.3 Å². The molecule has 0 bridgehead atoms. The van der Waals surface area contributed by atoms with E-state index in [0.29, 0.717) is 11.3 Å². The van der Waals surface area contributed by atoms with Crippen molar-refractivity contribution in [2.45, 2.75) is 11.8 Å². The number of thioether (sulfide) groups is 1. The number of ether oxygens (including phenoxy) is 1. The summed E-state index contributed by atoms with van der Waals surface area (Å²) in [5, 5.41) is 5.92. The molecule has 11 heavy (non-hydrogen) atoms. The fourth-order valence-electron chi connectivity index (χ4n) is 1.30. The van der Waals surface area contributed by atoms with Crippen molar-refractivity contribution in [1.29, 1.82) is 0 Å². The Labute approximate surface area is 70.7 Å². The third-order valence-corrected chi connectivity index (χ3v) is 3.03. The molecule has 0 saturated carbocycles. The van der Waals surface area contributed by atoms with Gasteiger partial charge in [0.05, 0.1) is 18.2 Å². The van der Waals surface area contributed by atoms with Gasteiger partial charge in [0.25, 0.3) is 0 Å². The van der Waals surface area contributed by atoms with Crippen LogP contribution in [0.5, 0.6) is 0 Å². The lowest BCUT2D eigenvalue weighted by Gasteiger charge is -2.23. The van der Waals surface area contributed by atoms with Crippen molar-refractivity contribution >= 4 is 11.8 Å². The molecule has 0 aromatic rings. The molecular formula is C8H11NOS. The molecule has 2 rings (SSSR count). The van der Waals surface area contributed by atoms with Gasteiger partial charge in [-0.2, -0.15) is 0 Å². The Kier molecular flexibility index (Phi) is 2.08. The molecule has 1 N–H and O–H groups in total. The van der Waals surface area contributed by atoms with E-state index in [1.165, 1.54) is 0 Å². The van der Waals surface area contributed by atoms with Crippen LogP contribution < -0.4 is 5.32 Å². The minimum absolute atomic E-state index is 0.528. The number of nitrogens with one attached hydrogen (secondary N) is 1. The van der Waals surface area contributed by atoms with E-state index in [4.69, 9.17) is 4.74 Å². The Morgan fingerprint density at radius 3 is 3.18 bits per heavy atom. The quantitative estimate of drug-likeness (QED) is 0.645. The summed E-state index contributed by atoms with van der Waals surface area (Å²) in [6.45, 7) is 0.850. The standard InChI is InChI=1S/C8H11NOS/c1-2-7(6-10-4-1)8-9-3-5-11-8/h1,3-5,7-9H,2,6H2. The third kappa shape index (κ3) is 1.53. The second kappa shape index (κ2) is 3.22. The van der Waals surface area contributed by atoms with Crippen LogP contribution >= 0.6 is 11.8 Å². The van der Waals surface area contributed by atoms with Gasteiger partial charge < -0.3 is 10.1 Å². The van der Waals surface area contributed by atoms with Gasteiger partial charge in [0, 0.05) is 12.1 Å². The molecule has 0 fully saturated rings. The zero-order valence-electron chi connectivity index (χ0n) is 6.19. The maximum Gasteiger partial charge on any atom is 0.0932 e. The molecule has 0 amide bonds. The molecule has 2 unspecified atom stereocenters. The van der Waals surface area contributed by atoms with Gasteiger partial charge in [0.1, 0.15) is 0 Å². The average Bonchev–Trinajstić information content (AvgIpc) is 2.58. The Hall–Kier alpha value is -0.570. The van der Waals surface area contributed by atoms with Crippen LogP contribution in [0.4, 0.5) is 0 Å². The number of rotatable bonds is 1. The molecule has 0 radical (unpaired) electrons. The lowest BCUT2D eigenvalue weighted by atomic mass is 10.1. The average molecular weight is 169 g/mol. The zero-order chi connectivity index (χ0) is 7.52. The molecule has 2 nitrogen and oxygen atoms in total. The molecule has 0 spiro atoms. The molecule has 2 heterocycles. The van der Waals surface area contributed by atoms with Gasteiger partial charge in [-0.05, 0) is 17.9 Å². The van der Waals surface area contributed by atoms with E-state index in [0.717, 1.165) is 13.0 Å². The lowest BCUT2D eigenvalue weighted by molar-refractivity contribution is 0.172. The van der Waals surface area contributed by atoms with Crippen molar-refractivity contribution in [3.8, 4) is 0 Å². The Balaban J connectivity index is 1.89. The van der Waals surface area contributed by atoms with Crippen LogP contribution in [-0.4, -0.2) is 12.0 Å². The van der Waals surface area contributed by atoms with Crippen molar-refractivity contribution in [2.75, 3.05) is 6.61 Å². The second-order valence-electron chi connectivity index (χ2n) is 2.73. The van der Waals surface area contributed by atoms with E-state index in [2.05, 4.69) is 16.8 Å². The van der Waals surface area contributed by atoms with E-state index >= 15 is 0 Å². The fraction of sp³-hybridized carbons (Fsp3) is 0.500. The highest BCUT2D eigenvalue weighted by Gasteiger charge is 2.23. The van der Waals surface area contributed by atoms with Crippen molar-refractivity contribution in [3.05, 3.63) is 23.9 Å². The molecule has 60 valence electrons. The van der Waals surface area contributed by atoms with E-state index < -0.39 is 0 Å². The first kappa shape index (κ1) is 7.10. The summed E-state index contributed by atoms with van der Waals surface area (Å²) in [5.41, 5.74) is 0. The molecule has 2 aliphatic rings.